The van der Waals surface area contributed by atoms with Gasteiger partial charge in [-0.05, 0) is 12.1 Å². The van der Waals surface area contributed by atoms with Gasteiger partial charge in [-0.15, -0.1) is 0 Å². The van der Waals surface area contributed by atoms with Gasteiger partial charge in [0.25, 0.3) is 0 Å². The van der Waals surface area contributed by atoms with E-state index in [1.54, 1.807) is 0 Å². The number of hydrogen-bond acceptors (Lipinski definition) is 1. The highest BCUT2D eigenvalue weighted by molar-refractivity contribution is 9.24. The van der Waals surface area contributed by atoms with E-state index >= 15 is 0 Å². The molecule has 1 aromatic carbocycles. The molecule has 0 fully saturated rings. The molecule has 0 bridgehead atoms. The van der Waals surface area contributed by atoms with Crippen LogP contribution in [-0.4, -0.2) is 10.3 Å². The molecule has 0 atom stereocenters. The molecule has 0 heterocycles. The standard InChI is InChI=1S/C8H9Br2N/c9-8(10)6-11-7-4-2-1-3-5-7/h1-5,8,11H,6H2. The van der Waals surface area contributed by atoms with Crippen LogP contribution in [0.5, 0.6) is 0 Å². The SMILES string of the molecule is BrC(Br)CNc1ccccc1. The van der Waals surface area contributed by atoms with Crippen molar-refractivity contribution in [1.82, 2.24) is 0 Å². The van der Waals surface area contributed by atoms with E-state index in [9.17, 15) is 0 Å². The Labute approximate surface area is 83.4 Å². The predicted octanol–water partition coefficient (Wildman–Crippen LogP) is 3.21. The number of para-hydroxylation sites is 1. The van der Waals surface area contributed by atoms with Crippen LogP contribution in [0.25, 0.3) is 0 Å². The molecule has 0 aromatic heterocycles. The first-order chi connectivity index (χ1) is 5.29. The fourth-order valence-electron chi connectivity index (χ4n) is 0.751. The van der Waals surface area contributed by atoms with Crippen molar-refractivity contribution in [2.75, 3.05) is 11.9 Å². The molecule has 1 N–H and O–H groups in total. The van der Waals surface area contributed by atoms with Gasteiger partial charge >= 0.3 is 0 Å². The molecule has 0 unspecified atom stereocenters. The first kappa shape index (κ1) is 9.07. The number of nitrogens with one attached hydrogen (secondary N) is 1. The van der Waals surface area contributed by atoms with Crippen molar-refractivity contribution in [2.24, 2.45) is 0 Å². The molecule has 1 aromatic rings. The Balaban J connectivity index is 2.39. The van der Waals surface area contributed by atoms with Crippen LogP contribution >= 0.6 is 31.9 Å². The highest BCUT2D eigenvalue weighted by Crippen LogP contribution is 2.10. The summed E-state index contributed by atoms with van der Waals surface area (Å²) in [6, 6.07) is 10.1. The van der Waals surface area contributed by atoms with Gasteiger partial charge in [0.05, 0.1) is 3.74 Å². The third-order valence-corrected chi connectivity index (χ3v) is 1.88. The van der Waals surface area contributed by atoms with Gasteiger partial charge in [0, 0.05) is 12.2 Å². The molecule has 0 radical (unpaired) electrons. The van der Waals surface area contributed by atoms with Gasteiger partial charge in [0.2, 0.25) is 0 Å². The van der Waals surface area contributed by atoms with E-state index in [4.69, 9.17) is 0 Å². The Bertz CT molecular complexity index is 199. The zero-order valence-corrected chi connectivity index (χ0v) is 9.10. The molecular weight excluding hydrogens is 270 g/mol. The van der Waals surface area contributed by atoms with Crippen LogP contribution in [-0.2, 0) is 0 Å². The van der Waals surface area contributed by atoms with E-state index in [0.29, 0.717) is 3.74 Å². The lowest BCUT2D eigenvalue weighted by Crippen LogP contribution is -2.07. The molecule has 0 aliphatic carbocycles. The van der Waals surface area contributed by atoms with E-state index < -0.39 is 0 Å². The summed E-state index contributed by atoms with van der Waals surface area (Å²) in [4.78, 5) is 0. The smallest absolute Gasteiger partial charge is 0.0869 e. The third kappa shape index (κ3) is 3.77. The van der Waals surface area contributed by atoms with Gasteiger partial charge in [-0.1, -0.05) is 50.1 Å². The van der Waals surface area contributed by atoms with Crippen LogP contribution in [0.2, 0.25) is 0 Å². The van der Waals surface area contributed by atoms with E-state index in [2.05, 4.69) is 37.2 Å². The summed E-state index contributed by atoms with van der Waals surface area (Å²) in [5.74, 6) is 0. The van der Waals surface area contributed by atoms with Crippen LogP contribution in [0, 0.1) is 0 Å². The molecule has 0 saturated carbocycles. The van der Waals surface area contributed by atoms with Crippen LogP contribution < -0.4 is 5.32 Å². The van der Waals surface area contributed by atoms with Crippen molar-refractivity contribution >= 4 is 37.5 Å². The molecule has 1 rings (SSSR count). The van der Waals surface area contributed by atoms with Gasteiger partial charge in [-0.2, -0.15) is 0 Å². The highest BCUT2D eigenvalue weighted by Gasteiger charge is 1.95. The summed E-state index contributed by atoms with van der Waals surface area (Å²) in [5, 5.41) is 3.25. The molecule has 0 aliphatic rings. The van der Waals surface area contributed by atoms with Gasteiger partial charge in [0.1, 0.15) is 0 Å². The Hall–Kier alpha value is -0.0200. The molecule has 60 valence electrons. The van der Waals surface area contributed by atoms with E-state index in [-0.39, 0.29) is 0 Å². The van der Waals surface area contributed by atoms with Crippen molar-refractivity contribution < 1.29 is 0 Å². The molecule has 0 amide bonds. The van der Waals surface area contributed by atoms with E-state index in [1.165, 1.54) is 0 Å². The first-order valence-electron chi connectivity index (χ1n) is 3.36. The predicted molar refractivity (Wildman–Crippen MR) is 56.6 cm³/mol. The van der Waals surface area contributed by atoms with Gasteiger partial charge in [-0.3, -0.25) is 0 Å². The van der Waals surface area contributed by atoms with Gasteiger partial charge in [0.15, 0.2) is 0 Å². The molecule has 3 heteroatoms. The van der Waals surface area contributed by atoms with Gasteiger partial charge in [-0.25, -0.2) is 0 Å². The van der Waals surface area contributed by atoms with Crippen molar-refractivity contribution in [3.05, 3.63) is 30.3 Å². The van der Waals surface area contributed by atoms with Crippen LogP contribution in [0.1, 0.15) is 0 Å². The molecule has 11 heavy (non-hydrogen) atoms. The van der Waals surface area contributed by atoms with Crippen molar-refractivity contribution in [2.45, 2.75) is 3.74 Å². The average molecular weight is 279 g/mol. The molecule has 0 spiro atoms. The average Bonchev–Trinajstić information content (AvgIpc) is 2.03. The largest absolute Gasteiger partial charge is 0.383 e. The number of rotatable bonds is 3. The summed E-state index contributed by atoms with van der Waals surface area (Å²) >= 11 is 6.77. The number of anilines is 1. The number of hydrogen-bond donors (Lipinski definition) is 1. The normalized spacial score (nSPS) is 10.1. The zero-order chi connectivity index (χ0) is 8.10. The zero-order valence-electron chi connectivity index (χ0n) is 5.93. The second-order valence-corrected chi connectivity index (χ2v) is 5.58. The van der Waals surface area contributed by atoms with Crippen molar-refractivity contribution in [1.29, 1.82) is 0 Å². The lowest BCUT2D eigenvalue weighted by Gasteiger charge is -2.05. The maximum Gasteiger partial charge on any atom is 0.0869 e. The Morgan fingerprint density at radius 1 is 1.18 bits per heavy atom. The van der Waals surface area contributed by atoms with Crippen molar-refractivity contribution in [3.63, 3.8) is 0 Å². The van der Waals surface area contributed by atoms with E-state index in [0.717, 1.165) is 12.2 Å². The maximum atomic E-state index is 3.39. The van der Waals surface area contributed by atoms with Crippen LogP contribution in [0.4, 0.5) is 5.69 Å². The monoisotopic (exact) mass is 277 g/mol. The second-order valence-electron chi connectivity index (χ2n) is 2.14. The number of benzene rings is 1. The van der Waals surface area contributed by atoms with Crippen molar-refractivity contribution in [3.8, 4) is 0 Å². The Morgan fingerprint density at radius 3 is 2.36 bits per heavy atom. The maximum absolute atomic E-state index is 3.39. The minimum absolute atomic E-state index is 0.329. The quantitative estimate of drug-likeness (QED) is 0.838. The Kier molecular flexibility index (Phi) is 3.94. The fourth-order valence-corrected chi connectivity index (χ4v) is 1.07. The van der Waals surface area contributed by atoms with Crippen LogP contribution in [0.15, 0.2) is 30.3 Å². The van der Waals surface area contributed by atoms with Gasteiger partial charge < -0.3 is 5.32 Å². The number of alkyl halides is 2. The highest BCUT2D eigenvalue weighted by atomic mass is 79.9. The minimum Gasteiger partial charge on any atom is -0.383 e. The first-order valence-corrected chi connectivity index (χ1v) is 5.19. The Morgan fingerprint density at radius 2 is 1.82 bits per heavy atom. The third-order valence-electron chi connectivity index (χ3n) is 1.23. The van der Waals surface area contributed by atoms with E-state index in [1.807, 2.05) is 30.3 Å². The van der Waals surface area contributed by atoms with Crippen LogP contribution in [0.3, 0.4) is 0 Å². The molecule has 0 saturated heterocycles. The second kappa shape index (κ2) is 4.78. The number of halogens is 2. The summed E-state index contributed by atoms with van der Waals surface area (Å²) in [5.41, 5.74) is 1.15. The lowest BCUT2D eigenvalue weighted by atomic mass is 10.3. The minimum atomic E-state index is 0.329. The summed E-state index contributed by atoms with van der Waals surface area (Å²) < 4.78 is 0.329. The molecule has 0 aliphatic heterocycles. The molecule has 1 nitrogen and oxygen atoms in total. The summed E-state index contributed by atoms with van der Waals surface area (Å²) in [7, 11) is 0. The molecular formula is C8H9Br2N. The summed E-state index contributed by atoms with van der Waals surface area (Å²) in [6.45, 7) is 0.879. The lowest BCUT2D eigenvalue weighted by molar-refractivity contribution is 1.20. The summed E-state index contributed by atoms with van der Waals surface area (Å²) in [6.07, 6.45) is 0. The topological polar surface area (TPSA) is 12.0 Å². The fraction of sp³-hybridized carbons (Fsp3) is 0.250.